The van der Waals surface area contributed by atoms with Gasteiger partial charge in [0.2, 0.25) is 11.8 Å². The third kappa shape index (κ3) is 5.09. The summed E-state index contributed by atoms with van der Waals surface area (Å²) in [5.41, 5.74) is 1.11. The van der Waals surface area contributed by atoms with Crippen molar-refractivity contribution in [2.75, 3.05) is 27.2 Å². The first-order valence-electron chi connectivity index (χ1n) is 8.60. The highest BCUT2D eigenvalue weighted by Crippen LogP contribution is 2.17. The third-order valence-corrected chi connectivity index (χ3v) is 4.33. The molecule has 1 atom stereocenters. The van der Waals surface area contributed by atoms with Crippen molar-refractivity contribution in [2.24, 2.45) is 5.92 Å². The molecule has 2 heterocycles. The normalized spacial score (nSPS) is 17.5. The molecule has 0 N–H and O–H groups in total. The Morgan fingerprint density at radius 3 is 2.75 bits per heavy atom. The average Bonchev–Trinajstić information content (AvgIpc) is 2.88. The Labute approximate surface area is 144 Å². The molecule has 2 amide bonds. The SMILES string of the molecule is CC(C)CCC(=O)N1Cc2cccn2CC(OCC(=O)N(C)C)C1. The molecule has 1 aliphatic heterocycles. The maximum atomic E-state index is 12.6. The molecule has 0 saturated carbocycles. The molecule has 6 nitrogen and oxygen atoms in total. The number of carbonyl (C=O) groups is 2. The number of ether oxygens (including phenoxy) is 1. The van der Waals surface area contributed by atoms with Gasteiger partial charge in [-0.05, 0) is 24.5 Å². The summed E-state index contributed by atoms with van der Waals surface area (Å²) in [5.74, 6) is 0.602. The van der Waals surface area contributed by atoms with Crippen molar-refractivity contribution >= 4 is 11.8 Å². The van der Waals surface area contributed by atoms with Crippen molar-refractivity contribution in [3.8, 4) is 0 Å². The maximum absolute atomic E-state index is 12.6. The summed E-state index contributed by atoms with van der Waals surface area (Å²) < 4.78 is 7.92. The maximum Gasteiger partial charge on any atom is 0.248 e. The van der Waals surface area contributed by atoms with Crippen LogP contribution in [0.5, 0.6) is 0 Å². The van der Waals surface area contributed by atoms with Crippen LogP contribution in [-0.2, 0) is 27.4 Å². The number of aromatic nitrogens is 1. The van der Waals surface area contributed by atoms with Crippen molar-refractivity contribution in [2.45, 2.75) is 45.9 Å². The molecular formula is C18H29N3O3. The lowest BCUT2D eigenvalue weighted by atomic mass is 10.1. The van der Waals surface area contributed by atoms with Gasteiger partial charge in [-0.25, -0.2) is 0 Å². The van der Waals surface area contributed by atoms with Crippen LogP contribution in [0, 0.1) is 5.92 Å². The summed E-state index contributed by atoms with van der Waals surface area (Å²) in [6.45, 7) is 6.09. The van der Waals surface area contributed by atoms with Crippen LogP contribution < -0.4 is 0 Å². The van der Waals surface area contributed by atoms with Crippen LogP contribution in [0.2, 0.25) is 0 Å². The van der Waals surface area contributed by atoms with E-state index in [0.29, 0.717) is 32.0 Å². The topological polar surface area (TPSA) is 54.8 Å². The zero-order valence-corrected chi connectivity index (χ0v) is 15.2. The molecule has 0 spiro atoms. The van der Waals surface area contributed by atoms with Crippen LogP contribution in [0.3, 0.4) is 0 Å². The molecule has 24 heavy (non-hydrogen) atoms. The number of likely N-dealkylation sites (N-methyl/N-ethyl adjacent to an activating group) is 1. The zero-order chi connectivity index (χ0) is 17.7. The van der Waals surface area contributed by atoms with Gasteiger partial charge in [-0.15, -0.1) is 0 Å². The van der Waals surface area contributed by atoms with Gasteiger partial charge in [0.05, 0.1) is 19.2 Å². The standard InChI is InChI=1S/C18H29N3O3/c1-14(2)7-8-17(22)21-10-15-6-5-9-20(15)11-16(12-21)24-13-18(23)19(3)4/h5-6,9,14,16H,7-8,10-13H2,1-4H3. The molecule has 1 aromatic heterocycles. The van der Waals surface area contributed by atoms with Crippen molar-refractivity contribution in [1.82, 2.24) is 14.4 Å². The second-order valence-electron chi connectivity index (χ2n) is 7.08. The quantitative estimate of drug-likeness (QED) is 0.796. The molecule has 134 valence electrons. The van der Waals surface area contributed by atoms with Gasteiger partial charge < -0.3 is 19.1 Å². The molecule has 0 aromatic carbocycles. The van der Waals surface area contributed by atoms with Gasteiger partial charge in [0.1, 0.15) is 6.61 Å². The molecule has 6 heteroatoms. The second-order valence-corrected chi connectivity index (χ2v) is 7.08. The average molecular weight is 335 g/mol. The van der Waals surface area contributed by atoms with E-state index in [9.17, 15) is 9.59 Å². The minimum atomic E-state index is -0.175. The molecule has 0 bridgehead atoms. The van der Waals surface area contributed by atoms with Crippen LogP contribution in [0.25, 0.3) is 0 Å². The largest absolute Gasteiger partial charge is 0.365 e. The van der Waals surface area contributed by atoms with Gasteiger partial charge in [-0.1, -0.05) is 13.8 Å². The molecule has 1 aromatic rings. The van der Waals surface area contributed by atoms with Crippen molar-refractivity contribution in [3.05, 3.63) is 24.0 Å². The highest BCUT2D eigenvalue weighted by atomic mass is 16.5. The van der Waals surface area contributed by atoms with Crippen LogP contribution in [0.1, 0.15) is 32.4 Å². The highest BCUT2D eigenvalue weighted by Gasteiger charge is 2.25. The predicted molar refractivity (Wildman–Crippen MR) is 92.4 cm³/mol. The molecule has 1 unspecified atom stereocenters. The van der Waals surface area contributed by atoms with Crippen LogP contribution in [0.15, 0.2) is 18.3 Å². The van der Waals surface area contributed by atoms with E-state index in [-0.39, 0.29) is 24.5 Å². The molecule has 0 aliphatic carbocycles. The molecule has 0 radical (unpaired) electrons. The summed E-state index contributed by atoms with van der Waals surface area (Å²) in [5, 5.41) is 0. The zero-order valence-electron chi connectivity index (χ0n) is 15.2. The second kappa shape index (κ2) is 8.33. The van der Waals surface area contributed by atoms with E-state index in [4.69, 9.17) is 4.74 Å². The van der Waals surface area contributed by atoms with E-state index in [1.54, 1.807) is 14.1 Å². The smallest absolute Gasteiger partial charge is 0.248 e. The van der Waals surface area contributed by atoms with Crippen LogP contribution in [-0.4, -0.2) is 59.5 Å². The number of carbonyl (C=O) groups excluding carboxylic acids is 2. The first kappa shape index (κ1) is 18.5. The number of hydrogen-bond donors (Lipinski definition) is 0. The first-order valence-corrected chi connectivity index (χ1v) is 8.60. The minimum absolute atomic E-state index is 0.0439. The number of hydrogen-bond acceptors (Lipinski definition) is 3. The first-order chi connectivity index (χ1) is 11.4. The van der Waals surface area contributed by atoms with Crippen LogP contribution in [0.4, 0.5) is 0 Å². The van der Waals surface area contributed by atoms with Gasteiger partial charge in [0.25, 0.3) is 0 Å². The molecule has 1 aliphatic rings. The van der Waals surface area contributed by atoms with E-state index in [0.717, 1.165) is 12.1 Å². The number of nitrogens with zero attached hydrogens (tertiary/aromatic N) is 3. The van der Waals surface area contributed by atoms with Gasteiger partial charge in [-0.3, -0.25) is 9.59 Å². The van der Waals surface area contributed by atoms with E-state index in [2.05, 4.69) is 18.4 Å². The third-order valence-electron chi connectivity index (χ3n) is 4.33. The minimum Gasteiger partial charge on any atom is -0.365 e. The van der Waals surface area contributed by atoms with Crippen LogP contribution >= 0.6 is 0 Å². The van der Waals surface area contributed by atoms with E-state index >= 15 is 0 Å². The van der Waals surface area contributed by atoms with Crippen molar-refractivity contribution < 1.29 is 14.3 Å². The van der Waals surface area contributed by atoms with Crippen molar-refractivity contribution in [1.29, 1.82) is 0 Å². The summed E-state index contributed by atoms with van der Waals surface area (Å²) in [6.07, 6.45) is 3.27. The van der Waals surface area contributed by atoms with E-state index < -0.39 is 0 Å². The summed E-state index contributed by atoms with van der Waals surface area (Å²) in [6, 6.07) is 4.02. The summed E-state index contributed by atoms with van der Waals surface area (Å²) in [7, 11) is 3.43. The van der Waals surface area contributed by atoms with Gasteiger partial charge in [0.15, 0.2) is 0 Å². The molecular weight excluding hydrogens is 306 g/mol. The van der Waals surface area contributed by atoms with E-state index in [1.165, 1.54) is 4.90 Å². The molecule has 0 saturated heterocycles. The lowest BCUT2D eigenvalue weighted by molar-refractivity contribution is -0.138. The predicted octanol–water partition coefficient (Wildman–Crippen LogP) is 1.74. The fourth-order valence-corrected chi connectivity index (χ4v) is 2.74. The van der Waals surface area contributed by atoms with Gasteiger partial charge in [-0.2, -0.15) is 0 Å². The fraction of sp³-hybridized carbons (Fsp3) is 0.667. The van der Waals surface area contributed by atoms with Gasteiger partial charge in [0, 0.05) is 39.0 Å². The number of amides is 2. The Kier molecular flexibility index (Phi) is 6.43. The van der Waals surface area contributed by atoms with E-state index in [1.807, 2.05) is 23.2 Å². The fourth-order valence-electron chi connectivity index (χ4n) is 2.74. The Morgan fingerprint density at radius 1 is 1.33 bits per heavy atom. The monoisotopic (exact) mass is 335 g/mol. The Hall–Kier alpha value is -1.82. The molecule has 0 fully saturated rings. The number of fused-ring (bicyclic) bond motifs is 1. The lowest BCUT2D eigenvalue weighted by Gasteiger charge is -2.25. The lowest BCUT2D eigenvalue weighted by Crippen LogP contribution is -2.39. The Morgan fingerprint density at radius 2 is 2.08 bits per heavy atom. The summed E-state index contributed by atoms with van der Waals surface area (Å²) in [4.78, 5) is 27.7. The highest BCUT2D eigenvalue weighted by molar-refractivity contribution is 5.77. The number of rotatable bonds is 6. The molecule has 2 rings (SSSR count). The van der Waals surface area contributed by atoms with Crippen molar-refractivity contribution in [3.63, 3.8) is 0 Å². The van der Waals surface area contributed by atoms with Gasteiger partial charge >= 0.3 is 0 Å². The Balaban J connectivity index is 2.03. The Bertz CT molecular complexity index is 566. The summed E-state index contributed by atoms with van der Waals surface area (Å²) >= 11 is 0.